The molecule has 2 aliphatic heterocycles. The Balaban J connectivity index is 1.56. The summed E-state index contributed by atoms with van der Waals surface area (Å²) < 4.78 is 4.78. The van der Waals surface area contributed by atoms with Crippen LogP contribution in [0.15, 0.2) is 58.4 Å². The zero-order valence-electron chi connectivity index (χ0n) is 17.7. The first-order valence-corrected chi connectivity index (χ1v) is 11.2. The minimum atomic E-state index is -0.414. The third-order valence-electron chi connectivity index (χ3n) is 5.36. The Morgan fingerprint density at radius 2 is 1.90 bits per heavy atom. The first-order chi connectivity index (χ1) is 15.1. The van der Waals surface area contributed by atoms with Gasteiger partial charge in [-0.15, -0.1) is 0 Å². The van der Waals surface area contributed by atoms with Crippen LogP contribution in [-0.4, -0.2) is 48.7 Å². The lowest BCUT2D eigenvalue weighted by molar-refractivity contribution is -0.122. The molecule has 0 aliphatic carbocycles. The van der Waals surface area contributed by atoms with Gasteiger partial charge >= 0.3 is 5.97 Å². The minimum absolute atomic E-state index is 0.0565. The van der Waals surface area contributed by atoms with Gasteiger partial charge in [0, 0.05) is 25.3 Å². The number of carbonyl (C=O) groups is 2. The lowest BCUT2D eigenvalue weighted by Crippen LogP contribution is -2.28. The van der Waals surface area contributed by atoms with Gasteiger partial charge in [-0.3, -0.25) is 9.69 Å². The molecule has 4 rings (SSSR count). The fraction of sp³-hybridized carbons (Fsp3) is 0.292. The van der Waals surface area contributed by atoms with Crippen LogP contribution in [0.5, 0.6) is 0 Å². The number of aliphatic imine (C=N–C) groups is 1. The van der Waals surface area contributed by atoms with Crippen LogP contribution >= 0.6 is 11.8 Å². The van der Waals surface area contributed by atoms with Crippen molar-refractivity contribution in [3.63, 3.8) is 0 Å². The van der Waals surface area contributed by atoms with E-state index >= 15 is 0 Å². The maximum absolute atomic E-state index is 12.9. The van der Waals surface area contributed by atoms with Crippen molar-refractivity contribution in [2.45, 2.75) is 19.8 Å². The Bertz CT molecular complexity index is 1040. The van der Waals surface area contributed by atoms with Crippen molar-refractivity contribution >= 4 is 46.3 Å². The van der Waals surface area contributed by atoms with Crippen LogP contribution in [0.3, 0.4) is 0 Å². The lowest BCUT2D eigenvalue weighted by atomic mass is 10.2. The van der Waals surface area contributed by atoms with Crippen LogP contribution < -0.4 is 4.90 Å². The Morgan fingerprint density at radius 3 is 2.58 bits per heavy atom. The number of hydrogen-bond donors (Lipinski definition) is 0. The summed E-state index contributed by atoms with van der Waals surface area (Å²) in [5.74, 6) is -0.471. The third kappa shape index (κ3) is 4.66. The van der Waals surface area contributed by atoms with E-state index in [2.05, 4.69) is 34.2 Å². The molecule has 0 atom stereocenters. The lowest BCUT2D eigenvalue weighted by Gasteiger charge is -2.17. The number of methoxy groups -OCH3 is 1. The van der Waals surface area contributed by atoms with Crippen molar-refractivity contribution in [3.05, 3.63) is 64.6 Å². The van der Waals surface area contributed by atoms with E-state index in [0.29, 0.717) is 27.9 Å². The summed E-state index contributed by atoms with van der Waals surface area (Å²) >= 11 is 1.35. The summed E-state index contributed by atoms with van der Waals surface area (Å²) in [7, 11) is 1.35. The molecule has 0 aromatic heterocycles. The van der Waals surface area contributed by atoms with Gasteiger partial charge < -0.3 is 9.64 Å². The number of amides is 1. The molecule has 7 heteroatoms. The number of carbonyl (C=O) groups excluding carboxylic acids is 2. The van der Waals surface area contributed by atoms with Crippen molar-refractivity contribution in [1.82, 2.24) is 4.90 Å². The fourth-order valence-corrected chi connectivity index (χ4v) is 4.77. The normalized spacial score (nSPS) is 19.0. The molecule has 0 spiro atoms. The Kier molecular flexibility index (Phi) is 6.42. The van der Waals surface area contributed by atoms with Crippen LogP contribution in [0.4, 0.5) is 11.4 Å². The number of benzene rings is 2. The van der Waals surface area contributed by atoms with Crippen molar-refractivity contribution < 1.29 is 14.3 Å². The Hall–Kier alpha value is -3.06. The van der Waals surface area contributed by atoms with Gasteiger partial charge in [-0.25, -0.2) is 9.79 Å². The zero-order chi connectivity index (χ0) is 21.8. The smallest absolute Gasteiger partial charge is 0.337 e. The van der Waals surface area contributed by atoms with Crippen molar-refractivity contribution in [1.29, 1.82) is 0 Å². The van der Waals surface area contributed by atoms with E-state index in [1.807, 2.05) is 13.0 Å². The number of hydrogen-bond acceptors (Lipinski definition) is 6. The fourth-order valence-electron chi connectivity index (χ4n) is 3.71. The van der Waals surface area contributed by atoms with Gasteiger partial charge in [-0.1, -0.05) is 18.2 Å². The van der Waals surface area contributed by atoms with Crippen molar-refractivity contribution in [2.24, 2.45) is 4.99 Å². The average Bonchev–Trinajstić information content (AvgIpc) is 3.43. The molecule has 2 heterocycles. The highest BCUT2D eigenvalue weighted by molar-refractivity contribution is 8.18. The highest BCUT2D eigenvalue weighted by Crippen LogP contribution is 2.34. The summed E-state index contributed by atoms with van der Waals surface area (Å²) in [6.45, 7) is 4.66. The molecular weight excluding hydrogens is 410 g/mol. The molecule has 6 nitrogen and oxygen atoms in total. The number of rotatable bonds is 5. The van der Waals surface area contributed by atoms with Crippen molar-refractivity contribution in [3.8, 4) is 0 Å². The SMILES string of the molecule is CCN1C(=O)C(=Cc2ccc(N3CCCC3)cc2)SC1=Nc1cccc(C(=O)OC)c1. The van der Waals surface area contributed by atoms with Gasteiger partial charge in [0.1, 0.15) is 0 Å². The standard InChI is InChI=1S/C24H25N3O3S/c1-3-27-22(28)21(15-17-9-11-20(12-10-17)26-13-4-5-14-26)31-24(27)25-19-8-6-7-18(16-19)23(29)30-2/h6-12,15-16H,3-5,13-14H2,1-2H3. The molecule has 1 amide bonds. The molecule has 2 aromatic carbocycles. The van der Waals surface area contributed by atoms with Gasteiger partial charge in [0.15, 0.2) is 5.17 Å². The number of nitrogens with zero attached hydrogens (tertiary/aromatic N) is 3. The molecule has 2 saturated heterocycles. The van der Waals surface area contributed by atoms with E-state index in [-0.39, 0.29) is 5.91 Å². The number of likely N-dealkylation sites (N-methyl/N-ethyl adjacent to an activating group) is 1. The molecule has 0 unspecified atom stereocenters. The first-order valence-electron chi connectivity index (χ1n) is 10.4. The Morgan fingerprint density at radius 1 is 1.16 bits per heavy atom. The third-order valence-corrected chi connectivity index (χ3v) is 6.37. The zero-order valence-corrected chi connectivity index (χ0v) is 18.5. The average molecular weight is 436 g/mol. The summed E-state index contributed by atoms with van der Waals surface area (Å²) in [5.41, 5.74) is 3.25. The summed E-state index contributed by atoms with van der Waals surface area (Å²) in [6, 6.07) is 15.2. The van der Waals surface area contributed by atoms with Crippen LogP contribution in [0.2, 0.25) is 0 Å². The molecule has 0 radical (unpaired) electrons. The van der Waals surface area contributed by atoms with Crippen LogP contribution in [-0.2, 0) is 9.53 Å². The van der Waals surface area contributed by atoms with E-state index < -0.39 is 5.97 Å². The minimum Gasteiger partial charge on any atom is -0.465 e. The number of anilines is 1. The maximum Gasteiger partial charge on any atom is 0.337 e. The molecule has 0 saturated carbocycles. The number of thioether (sulfide) groups is 1. The van der Waals surface area contributed by atoms with Crippen LogP contribution in [0.25, 0.3) is 6.08 Å². The Labute approximate surface area is 186 Å². The topological polar surface area (TPSA) is 62.2 Å². The summed E-state index contributed by atoms with van der Waals surface area (Å²) in [5, 5.41) is 0.606. The van der Waals surface area contributed by atoms with Gasteiger partial charge in [0.2, 0.25) is 0 Å². The highest BCUT2D eigenvalue weighted by atomic mass is 32.2. The second-order valence-electron chi connectivity index (χ2n) is 7.38. The highest BCUT2D eigenvalue weighted by Gasteiger charge is 2.32. The van der Waals surface area contributed by atoms with E-state index in [9.17, 15) is 9.59 Å². The van der Waals surface area contributed by atoms with Gasteiger partial charge in [-0.05, 0) is 73.5 Å². The molecule has 0 bridgehead atoms. The molecule has 31 heavy (non-hydrogen) atoms. The number of ether oxygens (including phenoxy) is 1. The van der Waals surface area contributed by atoms with Crippen LogP contribution in [0.1, 0.15) is 35.7 Å². The molecule has 2 aromatic rings. The van der Waals surface area contributed by atoms with Gasteiger partial charge in [0.25, 0.3) is 5.91 Å². The molecule has 2 fully saturated rings. The van der Waals surface area contributed by atoms with Gasteiger partial charge in [0.05, 0.1) is 23.3 Å². The summed E-state index contributed by atoms with van der Waals surface area (Å²) in [6.07, 6.45) is 4.40. The summed E-state index contributed by atoms with van der Waals surface area (Å²) in [4.78, 5) is 34.0. The molecular formula is C24H25N3O3S. The van der Waals surface area contributed by atoms with Crippen LogP contribution in [0, 0.1) is 0 Å². The molecule has 2 aliphatic rings. The quantitative estimate of drug-likeness (QED) is 0.503. The molecule has 0 N–H and O–H groups in total. The second-order valence-corrected chi connectivity index (χ2v) is 8.39. The number of esters is 1. The predicted octanol–water partition coefficient (Wildman–Crippen LogP) is 4.70. The van der Waals surface area contributed by atoms with E-state index in [0.717, 1.165) is 18.7 Å². The largest absolute Gasteiger partial charge is 0.465 e. The van der Waals surface area contributed by atoms with E-state index in [1.54, 1.807) is 29.2 Å². The van der Waals surface area contributed by atoms with E-state index in [1.165, 1.54) is 37.4 Å². The van der Waals surface area contributed by atoms with E-state index in [4.69, 9.17) is 4.74 Å². The molecule has 160 valence electrons. The first kappa shape index (κ1) is 21.2. The number of amidine groups is 1. The van der Waals surface area contributed by atoms with Gasteiger partial charge in [-0.2, -0.15) is 0 Å². The van der Waals surface area contributed by atoms with Crippen molar-refractivity contribution in [2.75, 3.05) is 31.6 Å². The maximum atomic E-state index is 12.9. The monoisotopic (exact) mass is 435 g/mol. The predicted molar refractivity (Wildman–Crippen MR) is 126 cm³/mol. The second kappa shape index (κ2) is 9.39.